The summed E-state index contributed by atoms with van der Waals surface area (Å²) in [5.74, 6) is -0.0387. The number of anilines is 1. The van der Waals surface area contributed by atoms with Gasteiger partial charge in [-0.05, 0) is 55.5 Å². The van der Waals surface area contributed by atoms with Crippen LogP contribution in [0.25, 0.3) is 0 Å². The van der Waals surface area contributed by atoms with Gasteiger partial charge in [0, 0.05) is 36.7 Å². The largest absolute Gasteiger partial charge is 0.363 e. The fraction of sp³-hybridized carbons (Fsp3) is 0.227. The topological polar surface area (TPSA) is 73.1 Å². The van der Waals surface area contributed by atoms with Crippen LogP contribution in [0, 0.1) is 6.92 Å². The van der Waals surface area contributed by atoms with Gasteiger partial charge in [-0.1, -0.05) is 23.8 Å². The highest BCUT2D eigenvalue weighted by molar-refractivity contribution is 7.80. The Morgan fingerprint density at radius 3 is 2.69 bits per heavy atom. The van der Waals surface area contributed by atoms with E-state index in [1.54, 1.807) is 6.20 Å². The van der Waals surface area contributed by atoms with Crippen molar-refractivity contribution in [1.82, 2.24) is 20.2 Å². The molecule has 3 aromatic rings. The standard InChI is InChI=1S/C22H23N5OS/c1-15-7-9-16(10-8-15)25-19(28)11-14-27-21(18-6-4-13-24-18)20(26-22(27)29)17-5-2-3-12-23-17/h2-10,12-13,20-21,24H,11,14H2,1H3,(H,25,28)(H,26,29)/t20-,21-/m0/s1. The van der Waals surface area contributed by atoms with Gasteiger partial charge in [0.1, 0.15) is 0 Å². The maximum Gasteiger partial charge on any atom is 0.226 e. The Balaban J connectivity index is 1.48. The summed E-state index contributed by atoms with van der Waals surface area (Å²) in [7, 11) is 0. The number of pyridine rings is 1. The molecular weight excluding hydrogens is 382 g/mol. The van der Waals surface area contributed by atoms with Crippen LogP contribution in [-0.4, -0.2) is 32.4 Å². The number of benzene rings is 1. The summed E-state index contributed by atoms with van der Waals surface area (Å²) in [6.45, 7) is 2.53. The molecule has 0 saturated carbocycles. The molecule has 1 amide bonds. The van der Waals surface area contributed by atoms with Crippen LogP contribution in [0.2, 0.25) is 0 Å². The first-order chi connectivity index (χ1) is 14.1. The second-order valence-electron chi connectivity index (χ2n) is 7.11. The highest BCUT2D eigenvalue weighted by Crippen LogP contribution is 2.37. The molecule has 6 nitrogen and oxygen atoms in total. The molecule has 148 valence electrons. The number of hydrogen-bond donors (Lipinski definition) is 3. The molecule has 0 bridgehead atoms. The molecule has 1 aromatic carbocycles. The number of rotatable bonds is 6. The van der Waals surface area contributed by atoms with Gasteiger partial charge in [-0.15, -0.1) is 0 Å². The zero-order valence-electron chi connectivity index (χ0n) is 16.1. The molecular formula is C22H23N5OS. The highest BCUT2D eigenvalue weighted by Gasteiger charge is 2.40. The molecule has 1 fully saturated rings. The van der Waals surface area contributed by atoms with Crippen LogP contribution < -0.4 is 10.6 Å². The van der Waals surface area contributed by atoms with Crippen molar-refractivity contribution in [3.63, 3.8) is 0 Å². The van der Waals surface area contributed by atoms with Gasteiger partial charge in [0.05, 0.1) is 17.8 Å². The number of amides is 1. The van der Waals surface area contributed by atoms with Crippen LogP contribution in [0.4, 0.5) is 5.69 Å². The second kappa shape index (κ2) is 8.45. The number of carbonyl (C=O) groups is 1. The summed E-state index contributed by atoms with van der Waals surface area (Å²) < 4.78 is 0. The quantitative estimate of drug-likeness (QED) is 0.545. The van der Waals surface area contributed by atoms with Crippen LogP contribution in [0.1, 0.15) is 35.5 Å². The SMILES string of the molecule is Cc1ccc(NC(=O)CCN2C(=S)N[C@@H](c3ccccn3)[C@@H]2c2ccc[nH]2)cc1. The van der Waals surface area contributed by atoms with Gasteiger partial charge in [-0.2, -0.15) is 0 Å². The molecule has 2 aromatic heterocycles. The van der Waals surface area contributed by atoms with E-state index >= 15 is 0 Å². The van der Waals surface area contributed by atoms with Crippen LogP contribution in [-0.2, 0) is 4.79 Å². The van der Waals surface area contributed by atoms with E-state index < -0.39 is 0 Å². The van der Waals surface area contributed by atoms with Crippen molar-refractivity contribution in [2.24, 2.45) is 0 Å². The molecule has 29 heavy (non-hydrogen) atoms. The van der Waals surface area contributed by atoms with Crippen LogP contribution in [0.3, 0.4) is 0 Å². The lowest BCUT2D eigenvalue weighted by Gasteiger charge is -2.26. The van der Waals surface area contributed by atoms with E-state index in [4.69, 9.17) is 12.2 Å². The first-order valence-corrected chi connectivity index (χ1v) is 10.0. The lowest BCUT2D eigenvalue weighted by Crippen LogP contribution is -2.32. The Morgan fingerprint density at radius 2 is 2.00 bits per heavy atom. The number of aryl methyl sites for hydroxylation is 1. The number of nitrogens with zero attached hydrogens (tertiary/aromatic N) is 2. The van der Waals surface area contributed by atoms with Gasteiger partial charge in [-0.3, -0.25) is 9.78 Å². The zero-order chi connectivity index (χ0) is 20.2. The monoisotopic (exact) mass is 405 g/mol. The van der Waals surface area contributed by atoms with E-state index in [0.717, 1.165) is 22.6 Å². The van der Waals surface area contributed by atoms with Gasteiger partial charge in [0.15, 0.2) is 5.11 Å². The number of nitrogens with one attached hydrogen (secondary N) is 3. The molecule has 3 N–H and O–H groups in total. The first kappa shape index (κ1) is 19.1. The third-order valence-corrected chi connectivity index (χ3v) is 5.41. The Bertz CT molecular complexity index is 972. The zero-order valence-corrected chi connectivity index (χ0v) is 16.9. The first-order valence-electron chi connectivity index (χ1n) is 9.60. The van der Waals surface area contributed by atoms with E-state index in [2.05, 4.69) is 25.5 Å². The fourth-order valence-electron chi connectivity index (χ4n) is 3.60. The third kappa shape index (κ3) is 4.30. The Hall–Kier alpha value is -3.19. The number of thiocarbonyl (C=S) groups is 1. The predicted octanol–water partition coefficient (Wildman–Crippen LogP) is 3.72. The molecule has 4 rings (SSSR count). The van der Waals surface area contributed by atoms with Crippen molar-refractivity contribution in [3.8, 4) is 0 Å². The summed E-state index contributed by atoms with van der Waals surface area (Å²) in [6.07, 6.45) is 4.01. The van der Waals surface area contributed by atoms with Crippen molar-refractivity contribution in [3.05, 3.63) is 83.9 Å². The van der Waals surface area contributed by atoms with Gasteiger partial charge in [0.25, 0.3) is 0 Å². The molecule has 0 spiro atoms. The summed E-state index contributed by atoms with van der Waals surface area (Å²) in [5.41, 5.74) is 3.91. The summed E-state index contributed by atoms with van der Waals surface area (Å²) in [4.78, 5) is 22.3. The van der Waals surface area contributed by atoms with Crippen molar-refractivity contribution in [2.75, 3.05) is 11.9 Å². The van der Waals surface area contributed by atoms with Gasteiger partial charge in [-0.25, -0.2) is 0 Å². The summed E-state index contributed by atoms with van der Waals surface area (Å²) >= 11 is 5.61. The second-order valence-corrected chi connectivity index (χ2v) is 7.50. The third-order valence-electron chi connectivity index (χ3n) is 5.05. The molecule has 3 heterocycles. The Morgan fingerprint density at radius 1 is 1.17 bits per heavy atom. The van der Waals surface area contributed by atoms with Gasteiger partial charge < -0.3 is 20.5 Å². The minimum absolute atomic E-state index is 0.0387. The Labute approximate surface area is 175 Å². The average Bonchev–Trinajstić information content (AvgIpc) is 3.36. The normalized spacial score (nSPS) is 18.5. The van der Waals surface area contributed by atoms with E-state index in [0.29, 0.717) is 18.1 Å². The van der Waals surface area contributed by atoms with E-state index in [1.807, 2.05) is 67.7 Å². The summed E-state index contributed by atoms with van der Waals surface area (Å²) in [6, 6.07) is 17.5. The maximum atomic E-state index is 12.5. The molecule has 7 heteroatoms. The van der Waals surface area contributed by atoms with Gasteiger partial charge in [0.2, 0.25) is 5.91 Å². The lowest BCUT2D eigenvalue weighted by atomic mass is 10.0. The minimum Gasteiger partial charge on any atom is -0.363 e. The number of hydrogen-bond acceptors (Lipinski definition) is 3. The molecule has 2 atom stereocenters. The van der Waals surface area contributed by atoms with Gasteiger partial charge >= 0.3 is 0 Å². The van der Waals surface area contributed by atoms with Crippen molar-refractivity contribution < 1.29 is 4.79 Å². The smallest absolute Gasteiger partial charge is 0.226 e. The van der Waals surface area contributed by atoms with Crippen molar-refractivity contribution >= 4 is 28.9 Å². The molecule has 0 aliphatic carbocycles. The molecule has 1 saturated heterocycles. The molecule has 0 unspecified atom stereocenters. The number of carbonyl (C=O) groups excluding carboxylic acids is 1. The molecule has 1 aliphatic rings. The minimum atomic E-state index is -0.0810. The van der Waals surface area contributed by atoms with Crippen LogP contribution >= 0.6 is 12.2 Å². The Kier molecular flexibility index (Phi) is 5.57. The highest BCUT2D eigenvalue weighted by atomic mass is 32.1. The van der Waals surface area contributed by atoms with E-state index in [-0.39, 0.29) is 18.0 Å². The average molecular weight is 406 g/mol. The molecule has 0 radical (unpaired) electrons. The lowest BCUT2D eigenvalue weighted by molar-refractivity contribution is -0.116. The number of aromatic amines is 1. The van der Waals surface area contributed by atoms with E-state index in [9.17, 15) is 4.79 Å². The fourth-order valence-corrected chi connectivity index (χ4v) is 3.93. The van der Waals surface area contributed by atoms with E-state index in [1.165, 1.54) is 0 Å². The van der Waals surface area contributed by atoms with Crippen molar-refractivity contribution in [1.29, 1.82) is 0 Å². The number of aromatic nitrogens is 2. The predicted molar refractivity (Wildman–Crippen MR) is 117 cm³/mol. The van der Waals surface area contributed by atoms with Crippen LogP contribution in [0.5, 0.6) is 0 Å². The van der Waals surface area contributed by atoms with Crippen molar-refractivity contribution in [2.45, 2.75) is 25.4 Å². The summed E-state index contributed by atoms with van der Waals surface area (Å²) in [5, 5.41) is 6.96. The molecule has 1 aliphatic heterocycles. The number of H-pyrrole nitrogens is 1. The maximum absolute atomic E-state index is 12.5. The van der Waals surface area contributed by atoms with Crippen LogP contribution in [0.15, 0.2) is 67.0 Å².